The molecule has 1 aliphatic heterocycles. The number of aromatic nitrogens is 1. The van der Waals surface area contributed by atoms with E-state index in [4.69, 9.17) is 17.0 Å². The second kappa shape index (κ2) is 7.71. The Hall–Kier alpha value is -1.71. The molecule has 0 radical (unpaired) electrons. The number of nitrogens with zero attached hydrogens (tertiary/aromatic N) is 3. The van der Waals surface area contributed by atoms with Crippen LogP contribution in [0, 0.1) is 35.7 Å². The first kappa shape index (κ1) is 17.6. The number of nitriles is 1. The van der Waals surface area contributed by atoms with Gasteiger partial charge in [0.1, 0.15) is 10.7 Å². The van der Waals surface area contributed by atoms with Crippen LogP contribution in [0.2, 0.25) is 0 Å². The Morgan fingerprint density at radius 3 is 2.91 bits per heavy atom. The maximum Gasteiger partial charge on any atom is 0.310 e. The summed E-state index contributed by atoms with van der Waals surface area (Å²) in [4.78, 5) is 14.2. The molecule has 23 heavy (non-hydrogen) atoms. The molecule has 0 N–H and O–H groups in total. The predicted molar refractivity (Wildman–Crippen MR) is 90.4 cm³/mol. The summed E-state index contributed by atoms with van der Waals surface area (Å²) in [5.41, 5.74) is 2.50. The number of piperidine rings is 1. The Balaban J connectivity index is 2.18. The maximum atomic E-state index is 12.0. The second-order valence-electron chi connectivity index (χ2n) is 6.00. The molecule has 1 aliphatic rings. The Morgan fingerprint density at radius 1 is 1.52 bits per heavy atom. The smallest absolute Gasteiger partial charge is 0.310 e. The first-order valence-corrected chi connectivity index (χ1v) is 8.38. The zero-order chi connectivity index (χ0) is 17.0. The van der Waals surface area contributed by atoms with Crippen molar-refractivity contribution in [2.24, 2.45) is 5.92 Å². The third kappa shape index (κ3) is 3.98. The SMILES string of the molecule is CCOC(=O)[C@H]1CCCN(Cn2c(C)cc(C)c(C#N)c2=S)C1. The van der Waals surface area contributed by atoms with E-state index in [1.54, 1.807) is 0 Å². The van der Waals surface area contributed by atoms with Crippen molar-refractivity contribution < 1.29 is 9.53 Å². The van der Waals surface area contributed by atoms with E-state index in [0.717, 1.165) is 30.6 Å². The summed E-state index contributed by atoms with van der Waals surface area (Å²) in [5, 5.41) is 9.29. The summed E-state index contributed by atoms with van der Waals surface area (Å²) in [5.74, 6) is -0.182. The molecular weight excluding hydrogens is 310 g/mol. The number of carbonyl (C=O) groups excluding carboxylic acids is 1. The molecule has 6 heteroatoms. The summed E-state index contributed by atoms with van der Waals surface area (Å²) in [6.45, 7) is 8.36. The molecule has 0 aromatic carbocycles. The summed E-state index contributed by atoms with van der Waals surface area (Å²) in [6.07, 6.45) is 1.84. The fourth-order valence-electron chi connectivity index (χ4n) is 3.08. The van der Waals surface area contributed by atoms with Crippen LogP contribution in [0.15, 0.2) is 6.07 Å². The number of pyridine rings is 1. The average molecular weight is 333 g/mol. The molecule has 0 bridgehead atoms. The van der Waals surface area contributed by atoms with E-state index in [-0.39, 0.29) is 11.9 Å². The Kier molecular flexibility index (Phi) is 5.91. The number of carbonyl (C=O) groups is 1. The van der Waals surface area contributed by atoms with Gasteiger partial charge in [-0.1, -0.05) is 12.2 Å². The van der Waals surface area contributed by atoms with Gasteiger partial charge in [0.25, 0.3) is 0 Å². The number of ether oxygens (including phenoxy) is 1. The van der Waals surface area contributed by atoms with E-state index in [1.807, 2.05) is 31.4 Å². The molecule has 1 fully saturated rings. The molecule has 1 aromatic heterocycles. The molecule has 1 aromatic rings. The minimum absolute atomic E-state index is 0.0703. The minimum Gasteiger partial charge on any atom is -0.466 e. The van der Waals surface area contributed by atoms with E-state index in [2.05, 4.69) is 11.0 Å². The first-order valence-electron chi connectivity index (χ1n) is 7.98. The van der Waals surface area contributed by atoms with Gasteiger partial charge in [0.2, 0.25) is 0 Å². The Morgan fingerprint density at radius 2 is 2.26 bits per heavy atom. The molecule has 1 atom stereocenters. The molecule has 1 saturated heterocycles. The largest absolute Gasteiger partial charge is 0.466 e. The van der Waals surface area contributed by atoms with Crippen LogP contribution in [0.4, 0.5) is 0 Å². The van der Waals surface area contributed by atoms with Crippen molar-refractivity contribution in [3.05, 3.63) is 27.5 Å². The van der Waals surface area contributed by atoms with Crippen LogP contribution in [0.1, 0.15) is 36.6 Å². The number of rotatable bonds is 4. The van der Waals surface area contributed by atoms with Crippen molar-refractivity contribution in [2.45, 2.75) is 40.3 Å². The zero-order valence-electron chi connectivity index (χ0n) is 14.0. The standard InChI is InChI=1S/C17H23N3O2S/c1-4-22-17(21)14-6-5-7-19(10-14)11-20-13(3)8-12(2)15(9-18)16(20)23/h8,14H,4-7,10-11H2,1-3H3/t14-/m0/s1. The number of aryl methyl sites for hydroxylation is 2. The number of hydrogen-bond acceptors (Lipinski definition) is 5. The van der Waals surface area contributed by atoms with Crippen LogP contribution >= 0.6 is 12.2 Å². The van der Waals surface area contributed by atoms with Gasteiger partial charge in [-0.15, -0.1) is 0 Å². The molecule has 0 aliphatic carbocycles. The molecule has 2 rings (SSSR count). The number of hydrogen-bond donors (Lipinski definition) is 0. The van der Waals surface area contributed by atoms with Crippen LogP contribution in [0.3, 0.4) is 0 Å². The molecule has 0 unspecified atom stereocenters. The molecule has 124 valence electrons. The third-order valence-corrected chi connectivity index (χ3v) is 4.71. The van der Waals surface area contributed by atoms with Gasteiger partial charge in [-0.3, -0.25) is 9.69 Å². The van der Waals surface area contributed by atoms with Crippen molar-refractivity contribution in [3.8, 4) is 6.07 Å². The molecule has 0 saturated carbocycles. The highest BCUT2D eigenvalue weighted by molar-refractivity contribution is 7.71. The normalized spacial score (nSPS) is 18.4. The third-order valence-electron chi connectivity index (χ3n) is 4.28. The molecule has 2 heterocycles. The van der Waals surface area contributed by atoms with Crippen molar-refractivity contribution in [3.63, 3.8) is 0 Å². The van der Waals surface area contributed by atoms with E-state index in [0.29, 0.717) is 30.0 Å². The van der Waals surface area contributed by atoms with Crippen molar-refractivity contribution in [1.29, 1.82) is 5.26 Å². The van der Waals surface area contributed by atoms with Crippen molar-refractivity contribution in [1.82, 2.24) is 9.47 Å². The van der Waals surface area contributed by atoms with Gasteiger partial charge in [-0.25, -0.2) is 0 Å². The predicted octanol–water partition coefficient (Wildman–Crippen LogP) is 2.94. The van der Waals surface area contributed by atoms with Gasteiger partial charge in [-0.05, 0) is 51.8 Å². The van der Waals surface area contributed by atoms with E-state index in [1.165, 1.54) is 0 Å². The van der Waals surface area contributed by atoms with Gasteiger partial charge in [-0.2, -0.15) is 5.26 Å². The van der Waals surface area contributed by atoms with Crippen LogP contribution in [0.25, 0.3) is 0 Å². The van der Waals surface area contributed by atoms with Crippen LogP contribution in [-0.2, 0) is 16.2 Å². The van der Waals surface area contributed by atoms with Gasteiger partial charge in [0.15, 0.2) is 0 Å². The topological polar surface area (TPSA) is 58.3 Å². The van der Waals surface area contributed by atoms with Crippen molar-refractivity contribution in [2.75, 3.05) is 19.7 Å². The first-order chi connectivity index (χ1) is 11.0. The molecular formula is C17H23N3O2S. The number of esters is 1. The van der Waals surface area contributed by atoms with E-state index in [9.17, 15) is 10.1 Å². The van der Waals surface area contributed by atoms with Crippen LogP contribution in [0.5, 0.6) is 0 Å². The highest BCUT2D eigenvalue weighted by Gasteiger charge is 2.27. The monoisotopic (exact) mass is 333 g/mol. The lowest BCUT2D eigenvalue weighted by Crippen LogP contribution is -2.40. The summed E-state index contributed by atoms with van der Waals surface area (Å²) in [7, 11) is 0. The Bertz CT molecular complexity index is 690. The van der Waals surface area contributed by atoms with Crippen molar-refractivity contribution >= 4 is 18.2 Å². The van der Waals surface area contributed by atoms with Gasteiger partial charge < -0.3 is 9.30 Å². The lowest BCUT2D eigenvalue weighted by molar-refractivity contribution is -0.150. The van der Waals surface area contributed by atoms with E-state index >= 15 is 0 Å². The van der Waals surface area contributed by atoms with Crippen LogP contribution in [-0.4, -0.2) is 35.1 Å². The highest BCUT2D eigenvalue weighted by atomic mass is 32.1. The number of likely N-dealkylation sites (tertiary alicyclic amines) is 1. The molecule has 0 amide bonds. The quantitative estimate of drug-likeness (QED) is 0.626. The average Bonchev–Trinajstić information content (AvgIpc) is 2.52. The highest BCUT2D eigenvalue weighted by Crippen LogP contribution is 2.20. The van der Waals surface area contributed by atoms with Gasteiger partial charge >= 0.3 is 5.97 Å². The maximum absolute atomic E-state index is 12.0. The fraction of sp³-hybridized carbons (Fsp3) is 0.588. The lowest BCUT2D eigenvalue weighted by atomic mass is 9.98. The summed E-state index contributed by atoms with van der Waals surface area (Å²) >= 11 is 5.48. The molecule has 5 nitrogen and oxygen atoms in total. The van der Waals surface area contributed by atoms with Gasteiger partial charge in [0, 0.05) is 12.2 Å². The zero-order valence-corrected chi connectivity index (χ0v) is 14.8. The van der Waals surface area contributed by atoms with Gasteiger partial charge in [0.05, 0.1) is 24.8 Å². The summed E-state index contributed by atoms with van der Waals surface area (Å²) < 4.78 is 7.70. The fourth-order valence-corrected chi connectivity index (χ4v) is 3.48. The second-order valence-corrected chi connectivity index (χ2v) is 6.39. The molecule has 0 spiro atoms. The lowest BCUT2D eigenvalue weighted by Gasteiger charge is -2.32. The van der Waals surface area contributed by atoms with E-state index < -0.39 is 0 Å². The minimum atomic E-state index is -0.112. The summed E-state index contributed by atoms with van der Waals surface area (Å²) in [6, 6.07) is 4.18. The Labute approximate surface area is 142 Å². The van der Waals surface area contributed by atoms with Crippen LogP contribution < -0.4 is 0 Å².